The van der Waals surface area contributed by atoms with Gasteiger partial charge in [0, 0.05) is 75.2 Å². The molecular formula is C28H39N3O12. The minimum Gasteiger partial charge on any atom is -0.478 e. The number of rotatable bonds is 11. The maximum atomic E-state index is 9.55. The quantitative estimate of drug-likeness (QED) is 0.192. The summed E-state index contributed by atoms with van der Waals surface area (Å²) < 4.78 is 0. The molecule has 1 unspecified atom stereocenters. The fourth-order valence-corrected chi connectivity index (χ4v) is 3.20. The number of likely N-dealkylation sites (N-methyl/N-ethyl adjacent to an activating group) is 1. The number of hydrogen-bond donors (Lipinski definition) is 6. The number of nitrogens with zero attached hydrogens (tertiary/aromatic N) is 3. The second kappa shape index (κ2) is 23.8. The molecule has 0 aliphatic carbocycles. The van der Waals surface area contributed by atoms with Crippen LogP contribution in [0.25, 0.3) is 0 Å². The van der Waals surface area contributed by atoms with Gasteiger partial charge in [-0.1, -0.05) is 30.3 Å². The first-order chi connectivity index (χ1) is 20.0. The Morgan fingerprint density at radius 1 is 0.651 bits per heavy atom. The molecular weight excluding hydrogens is 570 g/mol. The van der Waals surface area contributed by atoms with E-state index in [0.717, 1.165) is 0 Å². The molecule has 2 rings (SSSR count). The van der Waals surface area contributed by atoms with Gasteiger partial charge < -0.3 is 45.3 Å². The molecule has 238 valence electrons. The average Bonchev–Trinajstić information content (AvgIpc) is 2.92. The van der Waals surface area contributed by atoms with Crippen molar-refractivity contribution in [3.05, 3.63) is 72.4 Å². The first kappa shape index (κ1) is 40.3. The second-order valence-electron chi connectivity index (χ2n) is 8.85. The second-order valence-corrected chi connectivity index (χ2v) is 8.85. The van der Waals surface area contributed by atoms with E-state index in [4.69, 9.17) is 30.6 Å². The van der Waals surface area contributed by atoms with Crippen molar-refractivity contribution in [2.24, 2.45) is 0 Å². The Hall–Kier alpha value is -4.86. The van der Waals surface area contributed by atoms with Gasteiger partial charge in [-0.05, 0) is 33.1 Å². The average molecular weight is 610 g/mol. The smallest absolute Gasteiger partial charge is 0.328 e. The summed E-state index contributed by atoms with van der Waals surface area (Å²) in [5.74, 6) is -7.54. The summed E-state index contributed by atoms with van der Waals surface area (Å²) in [5, 5.41) is 46.9. The highest BCUT2D eigenvalue weighted by Gasteiger charge is 2.18. The Balaban J connectivity index is 0. The number of carboxylic acid groups (broad SMARTS) is 6. The maximum Gasteiger partial charge on any atom is 0.328 e. The molecule has 0 radical (unpaired) electrons. The Labute approximate surface area is 248 Å². The van der Waals surface area contributed by atoms with E-state index in [1.165, 1.54) is 44.7 Å². The van der Waals surface area contributed by atoms with E-state index in [9.17, 15) is 28.8 Å². The van der Waals surface area contributed by atoms with Gasteiger partial charge in [0.05, 0.1) is 0 Å². The Bertz CT molecular complexity index is 980. The van der Waals surface area contributed by atoms with E-state index < -0.39 is 35.8 Å². The third kappa shape index (κ3) is 27.1. The van der Waals surface area contributed by atoms with Gasteiger partial charge >= 0.3 is 35.8 Å². The van der Waals surface area contributed by atoms with Gasteiger partial charge in [-0.25, -0.2) is 28.8 Å². The summed E-state index contributed by atoms with van der Waals surface area (Å²) in [5.41, 5.74) is 1.43. The van der Waals surface area contributed by atoms with Gasteiger partial charge in [0.25, 0.3) is 0 Å². The lowest BCUT2D eigenvalue weighted by Crippen LogP contribution is -2.45. The van der Waals surface area contributed by atoms with Gasteiger partial charge in [0.2, 0.25) is 0 Å². The van der Waals surface area contributed by atoms with Crippen LogP contribution in [0, 0.1) is 0 Å². The largest absolute Gasteiger partial charge is 0.478 e. The number of piperazine rings is 1. The minimum atomic E-state index is -1.26. The summed E-state index contributed by atoms with van der Waals surface area (Å²) in [6.07, 6.45) is 4.56. The zero-order chi connectivity index (χ0) is 33.4. The molecule has 15 heteroatoms. The van der Waals surface area contributed by atoms with Gasteiger partial charge in [0.1, 0.15) is 0 Å². The summed E-state index contributed by atoms with van der Waals surface area (Å²) >= 11 is 0. The van der Waals surface area contributed by atoms with Crippen LogP contribution in [0.5, 0.6) is 0 Å². The third-order valence-electron chi connectivity index (χ3n) is 5.23. The number of carboxylic acids is 6. The molecule has 0 spiro atoms. The van der Waals surface area contributed by atoms with Gasteiger partial charge in [0.15, 0.2) is 0 Å². The predicted octanol–water partition coefficient (Wildman–Crippen LogP) is 1.06. The van der Waals surface area contributed by atoms with Crippen LogP contribution in [0.1, 0.15) is 18.0 Å². The fraction of sp³-hybridized carbons (Fsp3) is 0.357. The number of aliphatic carboxylic acids is 6. The number of benzene rings is 1. The van der Waals surface area contributed by atoms with Gasteiger partial charge in [-0.15, -0.1) is 0 Å². The maximum absolute atomic E-state index is 9.55. The lowest BCUT2D eigenvalue weighted by atomic mass is 10.0. The van der Waals surface area contributed by atoms with Crippen molar-refractivity contribution in [2.75, 3.05) is 53.9 Å². The lowest BCUT2D eigenvalue weighted by molar-refractivity contribution is -0.134. The van der Waals surface area contributed by atoms with E-state index in [1.54, 1.807) is 0 Å². The minimum absolute atomic E-state index is 0.529. The molecule has 1 heterocycles. The fourth-order valence-electron chi connectivity index (χ4n) is 3.20. The summed E-state index contributed by atoms with van der Waals surface area (Å²) in [6, 6.07) is 11.4. The highest BCUT2D eigenvalue weighted by Crippen LogP contribution is 2.22. The topological polar surface area (TPSA) is 234 Å². The third-order valence-corrected chi connectivity index (χ3v) is 5.23. The van der Waals surface area contributed by atoms with Crippen LogP contribution in [-0.2, 0) is 28.8 Å². The van der Waals surface area contributed by atoms with Crippen LogP contribution in [0.3, 0.4) is 0 Å². The Morgan fingerprint density at radius 3 is 1.26 bits per heavy atom. The molecule has 0 amide bonds. The molecule has 1 aliphatic heterocycles. The normalized spacial score (nSPS) is 14.0. The highest BCUT2D eigenvalue weighted by molar-refractivity contribution is 5.90. The summed E-state index contributed by atoms with van der Waals surface area (Å²) in [6.45, 7) is 6.04. The van der Waals surface area contributed by atoms with Crippen LogP contribution in [0.2, 0.25) is 0 Å². The predicted molar refractivity (Wildman–Crippen MR) is 155 cm³/mol. The lowest BCUT2D eigenvalue weighted by Gasteiger charge is -2.34. The molecule has 0 saturated carbocycles. The van der Waals surface area contributed by atoms with Crippen molar-refractivity contribution in [2.45, 2.75) is 12.5 Å². The van der Waals surface area contributed by atoms with Crippen molar-refractivity contribution >= 4 is 35.8 Å². The van der Waals surface area contributed by atoms with Crippen molar-refractivity contribution < 1.29 is 59.4 Å². The number of carbonyl (C=O) groups is 6. The van der Waals surface area contributed by atoms with Crippen molar-refractivity contribution in [1.82, 2.24) is 14.7 Å². The first-order valence-corrected chi connectivity index (χ1v) is 12.6. The van der Waals surface area contributed by atoms with Crippen LogP contribution in [-0.4, -0.2) is 135 Å². The van der Waals surface area contributed by atoms with Crippen LogP contribution >= 0.6 is 0 Å². The summed E-state index contributed by atoms with van der Waals surface area (Å²) in [7, 11) is 6.58. The zero-order valence-electron chi connectivity index (χ0n) is 24.1. The molecule has 1 fully saturated rings. The van der Waals surface area contributed by atoms with Crippen molar-refractivity contribution in [1.29, 1.82) is 0 Å². The Kier molecular flexibility index (Phi) is 22.3. The standard InChI is InChI=1S/C16H27N3.3C4H4O4/c1-17(2)16(15-7-5-4-6-8-15)9-10-19-13-11-18(3)12-14-19;3*5-3(6)1-2-4(7)8/h4-8,16H,9-14H2,1-3H3;3*1-2H,(H,5,6)(H,7,8)/b;3*2-1-. The first-order valence-electron chi connectivity index (χ1n) is 12.6. The molecule has 0 bridgehead atoms. The number of hydrogen-bond acceptors (Lipinski definition) is 9. The van der Waals surface area contributed by atoms with Crippen molar-refractivity contribution in [3.8, 4) is 0 Å². The van der Waals surface area contributed by atoms with Crippen LogP contribution < -0.4 is 0 Å². The van der Waals surface area contributed by atoms with Crippen molar-refractivity contribution in [3.63, 3.8) is 0 Å². The van der Waals surface area contributed by atoms with E-state index in [1.807, 2.05) is 0 Å². The Morgan fingerprint density at radius 2 is 0.977 bits per heavy atom. The molecule has 1 saturated heterocycles. The van der Waals surface area contributed by atoms with Crippen LogP contribution in [0.15, 0.2) is 66.8 Å². The van der Waals surface area contributed by atoms with E-state index in [-0.39, 0.29) is 0 Å². The van der Waals surface area contributed by atoms with Crippen LogP contribution in [0.4, 0.5) is 0 Å². The molecule has 6 N–H and O–H groups in total. The molecule has 15 nitrogen and oxygen atoms in total. The monoisotopic (exact) mass is 609 g/mol. The molecule has 1 aliphatic rings. The zero-order valence-corrected chi connectivity index (χ0v) is 24.1. The summed E-state index contributed by atoms with van der Waals surface area (Å²) in [4.78, 5) is 64.7. The molecule has 1 aromatic carbocycles. The van der Waals surface area contributed by atoms with Gasteiger partial charge in [-0.2, -0.15) is 0 Å². The van der Waals surface area contributed by atoms with Gasteiger partial charge in [-0.3, -0.25) is 0 Å². The van der Waals surface area contributed by atoms with E-state index >= 15 is 0 Å². The SMILES string of the molecule is CN1CCN(CCC(c2ccccc2)N(C)C)CC1.O=C(O)/C=C\C(=O)O.O=C(O)/C=C\C(=O)O.O=C(O)/C=C\C(=O)O. The molecule has 43 heavy (non-hydrogen) atoms. The molecule has 0 aromatic heterocycles. The van der Waals surface area contributed by atoms with E-state index in [2.05, 4.69) is 66.2 Å². The van der Waals surface area contributed by atoms with E-state index in [0.29, 0.717) is 42.5 Å². The molecule has 1 aromatic rings. The highest BCUT2D eigenvalue weighted by atomic mass is 16.4. The molecule has 1 atom stereocenters.